The molecule has 5 nitrogen and oxygen atoms in total. The fourth-order valence-electron chi connectivity index (χ4n) is 3.07. The number of hydrogen-bond acceptors (Lipinski definition) is 4. The lowest BCUT2D eigenvalue weighted by atomic mass is 9.89. The number of nitro benzene ring substituents is 1. The van der Waals surface area contributed by atoms with Gasteiger partial charge in [-0.25, -0.2) is 4.39 Å². The number of non-ortho nitro benzene ring substituents is 1. The van der Waals surface area contributed by atoms with Crippen molar-refractivity contribution in [2.24, 2.45) is 5.92 Å². The molecule has 1 aliphatic heterocycles. The van der Waals surface area contributed by atoms with Crippen LogP contribution in [0, 0.1) is 21.8 Å². The van der Waals surface area contributed by atoms with Crippen LogP contribution < -0.4 is 5.32 Å². The molecule has 0 bridgehead atoms. The molecule has 1 saturated heterocycles. The number of nitrogens with one attached hydrogen (secondary N) is 1. The average molecular weight is 330 g/mol. The van der Waals surface area contributed by atoms with Crippen molar-refractivity contribution in [2.45, 2.75) is 18.9 Å². The average Bonchev–Trinajstić information content (AvgIpc) is 2.61. The summed E-state index contributed by atoms with van der Waals surface area (Å²) in [5.74, 6) is -0.395. The van der Waals surface area contributed by atoms with Crippen molar-refractivity contribution in [3.8, 4) is 0 Å². The maximum atomic E-state index is 14.0. The quantitative estimate of drug-likeness (QED) is 0.655. The standard InChI is InChI=1S/C18H19FN2O3/c19-16-11-15(21(22)23)8-9-17(16)20-12-14-7-4-10-24-18(14)13-5-2-1-3-6-13/h1-3,5-6,8-9,11,14,18,20H,4,7,10,12H2. The van der Waals surface area contributed by atoms with Crippen molar-refractivity contribution in [1.82, 2.24) is 0 Å². The molecule has 1 fully saturated rings. The van der Waals surface area contributed by atoms with Crippen LogP contribution in [-0.4, -0.2) is 18.1 Å². The highest BCUT2D eigenvalue weighted by Gasteiger charge is 2.27. The molecule has 1 heterocycles. The monoisotopic (exact) mass is 330 g/mol. The molecule has 2 aromatic rings. The fourth-order valence-corrected chi connectivity index (χ4v) is 3.07. The topological polar surface area (TPSA) is 64.4 Å². The van der Waals surface area contributed by atoms with Crippen molar-refractivity contribution in [2.75, 3.05) is 18.5 Å². The molecule has 1 N–H and O–H groups in total. The minimum atomic E-state index is -0.614. The van der Waals surface area contributed by atoms with Crippen LogP contribution in [0.5, 0.6) is 0 Å². The van der Waals surface area contributed by atoms with E-state index in [1.54, 1.807) is 0 Å². The van der Waals surface area contributed by atoms with Crippen molar-refractivity contribution < 1.29 is 14.1 Å². The Morgan fingerprint density at radius 2 is 2.04 bits per heavy atom. The SMILES string of the molecule is O=[N+]([O-])c1ccc(NCC2CCCOC2c2ccccc2)c(F)c1. The molecule has 24 heavy (non-hydrogen) atoms. The molecule has 0 saturated carbocycles. The second-order valence-corrected chi connectivity index (χ2v) is 5.91. The second kappa shape index (κ2) is 7.40. The largest absolute Gasteiger partial charge is 0.382 e. The van der Waals surface area contributed by atoms with E-state index in [0.29, 0.717) is 6.54 Å². The van der Waals surface area contributed by atoms with Crippen LogP contribution in [0.3, 0.4) is 0 Å². The minimum Gasteiger partial charge on any atom is -0.382 e. The zero-order valence-electron chi connectivity index (χ0n) is 13.2. The number of nitro groups is 1. The van der Waals surface area contributed by atoms with Gasteiger partial charge in [0.2, 0.25) is 0 Å². The van der Waals surface area contributed by atoms with Crippen molar-refractivity contribution in [1.29, 1.82) is 0 Å². The van der Waals surface area contributed by atoms with Gasteiger partial charge in [-0.1, -0.05) is 30.3 Å². The lowest BCUT2D eigenvalue weighted by Crippen LogP contribution is -2.28. The van der Waals surface area contributed by atoms with Gasteiger partial charge in [-0.05, 0) is 24.5 Å². The van der Waals surface area contributed by atoms with E-state index >= 15 is 0 Å². The van der Waals surface area contributed by atoms with Crippen LogP contribution in [0.25, 0.3) is 0 Å². The van der Waals surface area contributed by atoms with Gasteiger partial charge in [0.25, 0.3) is 5.69 Å². The molecular weight excluding hydrogens is 311 g/mol. The van der Waals surface area contributed by atoms with E-state index in [0.717, 1.165) is 31.1 Å². The Morgan fingerprint density at radius 3 is 2.75 bits per heavy atom. The zero-order valence-corrected chi connectivity index (χ0v) is 13.2. The summed E-state index contributed by atoms with van der Waals surface area (Å²) < 4.78 is 19.9. The van der Waals surface area contributed by atoms with Gasteiger partial charge in [-0.15, -0.1) is 0 Å². The predicted molar refractivity (Wildman–Crippen MR) is 89.4 cm³/mol. The molecule has 3 rings (SSSR count). The van der Waals surface area contributed by atoms with Crippen LogP contribution >= 0.6 is 0 Å². The first-order chi connectivity index (χ1) is 11.6. The van der Waals surface area contributed by atoms with E-state index in [-0.39, 0.29) is 23.4 Å². The molecule has 2 atom stereocenters. The van der Waals surface area contributed by atoms with E-state index in [2.05, 4.69) is 5.32 Å². The van der Waals surface area contributed by atoms with E-state index < -0.39 is 10.7 Å². The van der Waals surface area contributed by atoms with Crippen molar-refractivity contribution >= 4 is 11.4 Å². The van der Waals surface area contributed by atoms with Gasteiger partial charge in [0.05, 0.1) is 22.8 Å². The minimum absolute atomic E-state index is 0.0199. The summed E-state index contributed by atoms with van der Waals surface area (Å²) >= 11 is 0. The Bertz CT molecular complexity index is 709. The van der Waals surface area contributed by atoms with Crippen LogP contribution in [0.15, 0.2) is 48.5 Å². The maximum absolute atomic E-state index is 14.0. The summed E-state index contributed by atoms with van der Waals surface area (Å²) in [5.41, 5.74) is 1.15. The van der Waals surface area contributed by atoms with Crippen LogP contribution in [0.2, 0.25) is 0 Å². The molecule has 126 valence electrons. The van der Waals surface area contributed by atoms with Gasteiger partial charge in [-0.3, -0.25) is 10.1 Å². The number of nitrogens with zero attached hydrogens (tertiary/aromatic N) is 1. The second-order valence-electron chi connectivity index (χ2n) is 5.91. The van der Waals surface area contributed by atoms with E-state index in [1.165, 1.54) is 12.1 Å². The first kappa shape index (κ1) is 16.4. The highest BCUT2D eigenvalue weighted by molar-refractivity contribution is 5.50. The summed E-state index contributed by atoms with van der Waals surface area (Å²) in [7, 11) is 0. The molecule has 0 radical (unpaired) electrons. The van der Waals surface area contributed by atoms with Gasteiger partial charge >= 0.3 is 0 Å². The highest BCUT2D eigenvalue weighted by atomic mass is 19.1. The molecule has 0 aromatic heterocycles. The lowest BCUT2D eigenvalue weighted by Gasteiger charge is -2.32. The predicted octanol–water partition coefficient (Wildman–Crippen LogP) is 4.31. The summed E-state index contributed by atoms with van der Waals surface area (Å²) in [6, 6.07) is 13.7. The van der Waals surface area contributed by atoms with Crippen molar-refractivity contribution in [3.63, 3.8) is 0 Å². The first-order valence-corrected chi connectivity index (χ1v) is 7.99. The Hall–Kier alpha value is -2.47. The highest BCUT2D eigenvalue weighted by Crippen LogP contribution is 2.34. The van der Waals surface area contributed by atoms with Crippen LogP contribution in [-0.2, 0) is 4.74 Å². The van der Waals surface area contributed by atoms with Gasteiger partial charge in [0.15, 0.2) is 5.82 Å². The number of anilines is 1. The Kier molecular flexibility index (Phi) is 5.05. The van der Waals surface area contributed by atoms with Gasteiger partial charge in [0, 0.05) is 25.1 Å². The third-order valence-electron chi connectivity index (χ3n) is 4.29. The lowest BCUT2D eigenvalue weighted by molar-refractivity contribution is -0.385. The smallest absolute Gasteiger partial charge is 0.272 e. The number of hydrogen-bond donors (Lipinski definition) is 1. The summed E-state index contributed by atoms with van der Waals surface area (Å²) in [6.07, 6.45) is 1.94. The van der Waals surface area contributed by atoms with E-state index in [1.807, 2.05) is 30.3 Å². The Morgan fingerprint density at radius 1 is 1.25 bits per heavy atom. The maximum Gasteiger partial charge on any atom is 0.272 e. The molecule has 0 amide bonds. The molecule has 2 unspecified atom stereocenters. The normalized spacial score (nSPS) is 20.5. The third-order valence-corrected chi connectivity index (χ3v) is 4.29. The third kappa shape index (κ3) is 3.71. The Labute approximate surface area is 139 Å². The Balaban J connectivity index is 1.69. The van der Waals surface area contributed by atoms with Crippen LogP contribution in [0.4, 0.5) is 15.8 Å². The molecule has 6 heteroatoms. The van der Waals surface area contributed by atoms with E-state index in [4.69, 9.17) is 4.74 Å². The van der Waals surface area contributed by atoms with E-state index in [9.17, 15) is 14.5 Å². The van der Waals surface area contributed by atoms with Crippen LogP contribution in [0.1, 0.15) is 24.5 Å². The zero-order chi connectivity index (χ0) is 16.9. The molecule has 2 aromatic carbocycles. The summed E-state index contributed by atoms with van der Waals surface area (Å²) in [5, 5.41) is 13.7. The fraction of sp³-hybridized carbons (Fsp3) is 0.333. The van der Waals surface area contributed by atoms with Crippen molar-refractivity contribution in [3.05, 3.63) is 70.0 Å². The number of ether oxygens (including phenoxy) is 1. The summed E-state index contributed by atoms with van der Waals surface area (Å²) in [6.45, 7) is 1.27. The molecular formula is C18H19FN2O3. The molecule has 1 aliphatic rings. The van der Waals surface area contributed by atoms with Gasteiger partial charge < -0.3 is 10.1 Å². The van der Waals surface area contributed by atoms with Gasteiger partial charge in [0.1, 0.15) is 0 Å². The first-order valence-electron chi connectivity index (χ1n) is 7.99. The molecule has 0 spiro atoms. The summed E-state index contributed by atoms with van der Waals surface area (Å²) in [4.78, 5) is 10.1. The van der Waals surface area contributed by atoms with Gasteiger partial charge in [-0.2, -0.15) is 0 Å². The number of rotatable bonds is 5. The number of halogens is 1. The number of benzene rings is 2. The molecule has 0 aliphatic carbocycles.